The third-order valence-corrected chi connectivity index (χ3v) is 5.25. The number of fused-ring (bicyclic) bond motifs is 1. The molecule has 1 saturated carbocycles. The Morgan fingerprint density at radius 2 is 1.72 bits per heavy atom. The van der Waals surface area contributed by atoms with Crippen LogP contribution >= 0.6 is 0 Å². The molecular weight excluding hydrogens is 224 g/mol. The second-order valence-corrected chi connectivity index (χ2v) is 6.62. The highest BCUT2D eigenvalue weighted by molar-refractivity contribution is 4.86. The molecule has 0 amide bonds. The fourth-order valence-electron chi connectivity index (χ4n) is 4.08. The Bertz CT molecular complexity index is 263. The maximum atomic E-state index is 9.57. The van der Waals surface area contributed by atoms with Crippen LogP contribution in [0, 0.1) is 5.92 Å². The number of hydrogen-bond donors (Lipinski definition) is 1. The highest BCUT2D eigenvalue weighted by Gasteiger charge is 2.30. The Labute approximate surface area is 111 Å². The van der Waals surface area contributed by atoms with Gasteiger partial charge in [0, 0.05) is 32.2 Å². The van der Waals surface area contributed by atoms with Crippen LogP contribution in [0.5, 0.6) is 0 Å². The van der Waals surface area contributed by atoms with Crippen LogP contribution in [0.25, 0.3) is 0 Å². The number of piperidine rings is 1. The van der Waals surface area contributed by atoms with Crippen LogP contribution in [-0.4, -0.2) is 59.8 Å². The first-order chi connectivity index (χ1) is 8.81. The average Bonchev–Trinajstić information content (AvgIpc) is 2.41. The van der Waals surface area contributed by atoms with Crippen LogP contribution < -0.4 is 0 Å². The van der Waals surface area contributed by atoms with E-state index in [9.17, 15) is 5.11 Å². The molecule has 3 aliphatic rings. The van der Waals surface area contributed by atoms with Crippen molar-refractivity contribution in [3.63, 3.8) is 0 Å². The molecule has 18 heavy (non-hydrogen) atoms. The minimum Gasteiger partial charge on any atom is -0.393 e. The molecule has 1 aliphatic carbocycles. The molecule has 3 heteroatoms. The molecule has 3 nitrogen and oxygen atoms in total. The zero-order chi connectivity index (χ0) is 12.4. The molecular formula is C15H28N2O. The lowest BCUT2D eigenvalue weighted by Crippen LogP contribution is -2.55. The second kappa shape index (κ2) is 5.89. The Balaban J connectivity index is 1.46. The second-order valence-electron chi connectivity index (χ2n) is 6.62. The molecule has 0 aromatic rings. The summed E-state index contributed by atoms with van der Waals surface area (Å²) < 4.78 is 0. The van der Waals surface area contributed by atoms with Gasteiger partial charge in [0.05, 0.1) is 6.10 Å². The first-order valence-electron chi connectivity index (χ1n) is 7.96. The quantitative estimate of drug-likeness (QED) is 0.810. The van der Waals surface area contributed by atoms with Gasteiger partial charge in [-0.25, -0.2) is 0 Å². The van der Waals surface area contributed by atoms with Crippen molar-refractivity contribution in [1.82, 2.24) is 9.80 Å². The van der Waals surface area contributed by atoms with E-state index in [1.165, 1.54) is 64.8 Å². The van der Waals surface area contributed by atoms with Gasteiger partial charge >= 0.3 is 0 Å². The Morgan fingerprint density at radius 3 is 2.56 bits per heavy atom. The van der Waals surface area contributed by atoms with Gasteiger partial charge in [-0.2, -0.15) is 0 Å². The van der Waals surface area contributed by atoms with E-state index in [0.29, 0.717) is 0 Å². The monoisotopic (exact) mass is 252 g/mol. The fourth-order valence-corrected chi connectivity index (χ4v) is 4.08. The van der Waals surface area contributed by atoms with E-state index < -0.39 is 0 Å². The van der Waals surface area contributed by atoms with Gasteiger partial charge in [0.2, 0.25) is 0 Å². The number of piperazine rings is 1. The number of rotatable bonds is 2. The maximum absolute atomic E-state index is 9.57. The first-order valence-corrected chi connectivity index (χ1v) is 7.96. The summed E-state index contributed by atoms with van der Waals surface area (Å²) in [5.41, 5.74) is 0. The molecule has 1 atom stereocenters. The summed E-state index contributed by atoms with van der Waals surface area (Å²) in [5, 5.41) is 9.57. The lowest BCUT2D eigenvalue weighted by atomic mass is 9.86. The Kier molecular flexibility index (Phi) is 4.22. The summed E-state index contributed by atoms with van der Waals surface area (Å²) in [6.07, 6.45) is 8.82. The van der Waals surface area contributed by atoms with Crippen molar-refractivity contribution in [1.29, 1.82) is 0 Å². The van der Waals surface area contributed by atoms with Gasteiger partial charge in [-0.1, -0.05) is 6.42 Å². The van der Waals surface area contributed by atoms with Crippen LogP contribution in [-0.2, 0) is 0 Å². The molecule has 1 unspecified atom stereocenters. The van der Waals surface area contributed by atoms with Gasteiger partial charge < -0.3 is 10.0 Å². The van der Waals surface area contributed by atoms with E-state index in [4.69, 9.17) is 0 Å². The zero-order valence-electron chi connectivity index (χ0n) is 11.6. The SMILES string of the molecule is OC1CCC(CN2CCN3CCCCC3C2)CC1. The van der Waals surface area contributed by atoms with Crippen LogP contribution in [0.1, 0.15) is 44.9 Å². The molecule has 0 radical (unpaired) electrons. The number of aliphatic hydroxyl groups is 1. The molecule has 104 valence electrons. The van der Waals surface area contributed by atoms with Crippen LogP contribution in [0.2, 0.25) is 0 Å². The Hall–Kier alpha value is -0.120. The summed E-state index contributed by atoms with van der Waals surface area (Å²) in [6.45, 7) is 6.50. The van der Waals surface area contributed by atoms with Gasteiger partial charge in [0.1, 0.15) is 0 Å². The largest absolute Gasteiger partial charge is 0.393 e. The fraction of sp³-hybridized carbons (Fsp3) is 1.00. The average molecular weight is 252 g/mol. The standard InChI is InChI=1S/C15H28N2O/c18-15-6-4-13(5-7-15)11-16-9-10-17-8-2-1-3-14(17)12-16/h13-15,18H,1-12H2. The summed E-state index contributed by atoms with van der Waals surface area (Å²) >= 11 is 0. The molecule has 2 saturated heterocycles. The minimum atomic E-state index is -0.00329. The minimum absolute atomic E-state index is 0.00329. The predicted octanol–water partition coefficient (Wildman–Crippen LogP) is 1.71. The van der Waals surface area contributed by atoms with Crippen LogP contribution in [0.4, 0.5) is 0 Å². The van der Waals surface area contributed by atoms with Crippen LogP contribution in [0.3, 0.4) is 0 Å². The molecule has 0 spiro atoms. The molecule has 2 heterocycles. The molecule has 0 aromatic carbocycles. The third-order valence-electron chi connectivity index (χ3n) is 5.25. The van der Waals surface area contributed by atoms with E-state index in [-0.39, 0.29) is 6.10 Å². The number of aliphatic hydroxyl groups excluding tert-OH is 1. The highest BCUT2D eigenvalue weighted by Crippen LogP contribution is 2.27. The molecule has 0 bridgehead atoms. The van der Waals surface area contributed by atoms with Crippen molar-refractivity contribution in [2.75, 3.05) is 32.7 Å². The van der Waals surface area contributed by atoms with Crippen molar-refractivity contribution < 1.29 is 5.11 Å². The van der Waals surface area contributed by atoms with Crippen molar-refractivity contribution in [2.45, 2.75) is 57.1 Å². The third kappa shape index (κ3) is 3.06. The lowest BCUT2D eigenvalue weighted by Gasteiger charge is -2.45. The van der Waals surface area contributed by atoms with Gasteiger partial charge in [0.25, 0.3) is 0 Å². The summed E-state index contributed by atoms with van der Waals surface area (Å²) in [4.78, 5) is 5.42. The highest BCUT2D eigenvalue weighted by atomic mass is 16.3. The van der Waals surface area contributed by atoms with E-state index in [1.54, 1.807) is 0 Å². The molecule has 3 fully saturated rings. The Morgan fingerprint density at radius 1 is 0.889 bits per heavy atom. The molecule has 2 aliphatic heterocycles. The summed E-state index contributed by atoms with van der Waals surface area (Å²) in [7, 11) is 0. The smallest absolute Gasteiger partial charge is 0.0540 e. The normalized spacial score (nSPS) is 39.5. The first kappa shape index (κ1) is 12.9. The van der Waals surface area contributed by atoms with E-state index >= 15 is 0 Å². The van der Waals surface area contributed by atoms with Crippen molar-refractivity contribution >= 4 is 0 Å². The summed E-state index contributed by atoms with van der Waals surface area (Å²) in [5.74, 6) is 0.851. The van der Waals surface area contributed by atoms with E-state index in [1.807, 2.05) is 0 Å². The maximum Gasteiger partial charge on any atom is 0.0540 e. The zero-order valence-corrected chi connectivity index (χ0v) is 11.6. The predicted molar refractivity (Wildman–Crippen MR) is 73.6 cm³/mol. The van der Waals surface area contributed by atoms with Crippen molar-refractivity contribution in [3.8, 4) is 0 Å². The van der Waals surface area contributed by atoms with Crippen molar-refractivity contribution in [3.05, 3.63) is 0 Å². The lowest BCUT2D eigenvalue weighted by molar-refractivity contribution is 0.0311. The molecule has 1 N–H and O–H groups in total. The molecule has 3 rings (SSSR count). The van der Waals surface area contributed by atoms with E-state index in [2.05, 4.69) is 9.80 Å². The number of hydrogen-bond acceptors (Lipinski definition) is 3. The molecule has 0 aromatic heterocycles. The van der Waals surface area contributed by atoms with Gasteiger partial charge in [-0.15, -0.1) is 0 Å². The van der Waals surface area contributed by atoms with E-state index in [0.717, 1.165) is 24.8 Å². The number of nitrogens with zero attached hydrogens (tertiary/aromatic N) is 2. The van der Waals surface area contributed by atoms with Gasteiger partial charge in [-0.3, -0.25) is 4.90 Å². The summed E-state index contributed by atoms with van der Waals surface area (Å²) in [6, 6.07) is 0.849. The van der Waals surface area contributed by atoms with Gasteiger partial charge in [0.15, 0.2) is 0 Å². The topological polar surface area (TPSA) is 26.7 Å². The van der Waals surface area contributed by atoms with Crippen molar-refractivity contribution in [2.24, 2.45) is 5.92 Å². The van der Waals surface area contributed by atoms with Gasteiger partial charge in [-0.05, 0) is 51.0 Å². The van der Waals surface area contributed by atoms with Crippen LogP contribution in [0.15, 0.2) is 0 Å².